The Bertz CT molecular complexity index is 1020. The van der Waals surface area contributed by atoms with Gasteiger partial charge in [0.2, 0.25) is 0 Å². The number of pyridine rings is 1. The van der Waals surface area contributed by atoms with Gasteiger partial charge in [0, 0.05) is 57.1 Å². The lowest BCUT2D eigenvalue weighted by Crippen LogP contribution is -2.34. The van der Waals surface area contributed by atoms with Gasteiger partial charge in [0.05, 0.1) is 25.5 Å². The van der Waals surface area contributed by atoms with Gasteiger partial charge in [-0.1, -0.05) is 6.07 Å². The molecule has 0 aliphatic carbocycles. The quantitative estimate of drug-likeness (QED) is 0.558. The maximum absolute atomic E-state index is 5.61. The summed E-state index contributed by atoms with van der Waals surface area (Å²) in [5, 5.41) is 0. The standard InChI is InChI=1S/C25H31N5O2/c1-29(2)24-14-21(27-25(28-24)18-8-6-12-26-15-18)19-9-7-13-30(16-19)17-20-22(31-3)10-5-11-23(20)32-4/h5-6,8,10-12,14-15,19H,7,9,13,16-17H2,1-4H3. The van der Waals surface area contributed by atoms with Crippen LogP contribution in [0, 0.1) is 0 Å². The van der Waals surface area contributed by atoms with Crippen molar-refractivity contribution in [2.24, 2.45) is 0 Å². The van der Waals surface area contributed by atoms with E-state index in [0.717, 1.165) is 72.4 Å². The molecule has 4 rings (SSSR count). The van der Waals surface area contributed by atoms with Gasteiger partial charge in [-0.15, -0.1) is 0 Å². The van der Waals surface area contributed by atoms with Crippen LogP contribution in [0.25, 0.3) is 11.4 Å². The molecule has 1 aromatic carbocycles. The first-order valence-electron chi connectivity index (χ1n) is 11.0. The lowest BCUT2D eigenvalue weighted by Gasteiger charge is -2.33. The molecular weight excluding hydrogens is 402 g/mol. The van der Waals surface area contributed by atoms with Crippen molar-refractivity contribution in [1.82, 2.24) is 19.9 Å². The molecule has 3 aromatic rings. The Kier molecular flexibility index (Phi) is 6.85. The van der Waals surface area contributed by atoms with E-state index in [0.29, 0.717) is 5.92 Å². The van der Waals surface area contributed by atoms with Crippen LogP contribution in [0.15, 0.2) is 48.8 Å². The van der Waals surface area contributed by atoms with Gasteiger partial charge in [0.25, 0.3) is 0 Å². The normalized spacial score (nSPS) is 16.6. The molecule has 0 spiro atoms. The smallest absolute Gasteiger partial charge is 0.163 e. The van der Waals surface area contributed by atoms with E-state index < -0.39 is 0 Å². The molecule has 3 heterocycles. The lowest BCUT2D eigenvalue weighted by molar-refractivity contribution is 0.194. The third kappa shape index (κ3) is 4.83. The fourth-order valence-electron chi connectivity index (χ4n) is 4.26. The lowest BCUT2D eigenvalue weighted by atomic mass is 9.93. The SMILES string of the molecule is COc1cccc(OC)c1CN1CCCC(c2cc(N(C)C)nc(-c3cccnc3)n2)C1. The summed E-state index contributed by atoms with van der Waals surface area (Å²) < 4.78 is 11.2. The summed E-state index contributed by atoms with van der Waals surface area (Å²) >= 11 is 0. The summed E-state index contributed by atoms with van der Waals surface area (Å²) in [6.45, 7) is 2.75. The number of anilines is 1. The van der Waals surface area contributed by atoms with Gasteiger partial charge in [-0.3, -0.25) is 9.88 Å². The Labute approximate surface area is 190 Å². The third-order valence-electron chi connectivity index (χ3n) is 5.95. The van der Waals surface area contributed by atoms with Gasteiger partial charge in [0.1, 0.15) is 17.3 Å². The number of ether oxygens (including phenoxy) is 2. The average molecular weight is 434 g/mol. The number of nitrogens with zero attached hydrogens (tertiary/aromatic N) is 5. The number of methoxy groups -OCH3 is 2. The summed E-state index contributed by atoms with van der Waals surface area (Å²) in [5.41, 5.74) is 3.11. The first kappa shape index (κ1) is 22.0. The van der Waals surface area contributed by atoms with E-state index in [4.69, 9.17) is 19.4 Å². The Hall–Kier alpha value is -3.19. The zero-order chi connectivity index (χ0) is 22.5. The molecule has 1 saturated heterocycles. The Morgan fingerprint density at radius 2 is 1.84 bits per heavy atom. The molecule has 168 valence electrons. The van der Waals surface area contributed by atoms with Crippen LogP contribution in [0.1, 0.15) is 30.0 Å². The van der Waals surface area contributed by atoms with Crippen molar-refractivity contribution in [2.75, 3.05) is 46.3 Å². The first-order valence-corrected chi connectivity index (χ1v) is 11.0. The highest BCUT2D eigenvalue weighted by Gasteiger charge is 2.25. The highest BCUT2D eigenvalue weighted by atomic mass is 16.5. The van der Waals surface area contributed by atoms with Crippen molar-refractivity contribution < 1.29 is 9.47 Å². The second-order valence-electron chi connectivity index (χ2n) is 8.33. The number of benzene rings is 1. The second-order valence-corrected chi connectivity index (χ2v) is 8.33. The summed E-state index contributed by atoms with van der Waals surface area (Å²) in [5.74, 6) is 3.70. The molecule has 7 heteroatoms. The second kappa shape index (κ2) is 9.96. The van der Waals surface area contributed by atoms with Gasteiger partial charge in [0.15, 0.2) is 5.82 Å². The largest absolute Gasteiger partial charge is 0.496 e. The summed E-state index contributed by atoms with van der Waals surface area (Å²) in [6, 6.07) is 12.0. The maximum atomic E-state index is 5.61. The summed E-state index contributed by atoms with van der Waals surface area (Å²) in [7, 11) is 7.45. The molecule has 0 radical (unpaired) electrons. The van der Waals surface area contributed by atoms with Crippen LogP contribution in [-0.2, 0) is 6.54 Å². The number of likely N-dealkylation sites (tertiary alicyclic amines) is 1. The first-order chi connectivity index (χ1) is 15.6. The van der Waals surface area contributed by atoms with E-state index >= 15 is 0 Å². The molecule has 1 fully saturated rings. The Morgan fingerprint density at radius 1 is 1.06 bits per heavy atom. The van der Waals surface area contributed by atoms with E-state index in [1.54, 1.807) is 20.4 Å². The molecule has 0 bridgehead atoms. The van der Waals surface area contributed by atoms with Crippen LogP contribution >= 0.6 is 0 Å². The zero-order valence-electron chi connectivity index (χ0n) is 19.3. The van der Waals surface area contributed by atoms with Gasteiger partial charge in [-0.05, 0) is 43.7 Å². The summed E-state index contributed by atoms with van der Waals surface area (Å²) in [6.07, 6.45) is 5.81. The number of rotatable bonds is 7. The third-order valence-corrected chi connectivity index (χ3v) is 5.95. The molecule has 7 nitrogen and oxygen atoms in total. The topological polar surface area (TPSA) is 63.6 Å². The van der Waals surface area contributed by atoms with Gasteiger partial charge >= 0.3 is 0 Å². The Balaban J connectivity index is 1.61. The molecular formula is C25H31N5O2. The van der Waals surface area contributed by atoms with E-state index in [1.165, 1.54) is 0 Å². The molecule has 32 heavy (non-hydrogen) atoms. The monoisotopic (exact) mass is 433 g/mol. The molecule has 1 unspecified atom stereocenters. The Morgan fingerprint density at radius 3 is 2.50 bits per heavy atom. The van der Waals surface area contributed by atoms with Crippen molar-refractivity contribution in [3.8, 4) is 22.9 Å². The van der Waals surface area contributed by atoms with Gasteiger partial charge in [-0.2, -0.15) is 0 Å². The number of piperidine rings is 1. The molecule has 1 aliphatic heterocycles. The predicted octanol–water partition coefficient (Wildman–Crippen LogP) is 4.00. The molecule has 1 atom stereocenters. The minimum Gasteiger partial charge on any atom is -0.496 e. The number of aromatic nitrogens is 3. The van der Waals surface area contributed by atoms with E-state index in [-0.39, 0.29) is 0 Å². The molecule has 0 saturated carbocycles. The van der Waals surface area contributed by atoms with Gasteiger partial charge in [-0.25, -0.2) is 9.97 Å². The molecule has 0 N–H and O–H groups in total. The zero-order valence-corrected chi connectivity index (χ0v) is 19.3. The highest BCUT2D eigenvalue weighted by molar-refractivity contribution is 5.57. The fraction of sp³-hybridized carbons (Fsp3) is 0.400. The van der Waals surface area contributed by atoms with Crippen molar-refractivity contribution >= 4 is 5.82 Å². The summed E-state index contributed by atoms with van der Waals surface area (Å²) in [4.78, 5) is 18.5. The predicted molar refractivity (Wildman–Crippen MR) is 126 cm³/mol. The van der Waals surface area contributed by atoms with Crippen LogP contribution in [0.3, 0.4) is 0 Å². The fourth-order valence-corrected chi connectivity index (χ4v) is 4.26. The molecule has 2 aromatic heterocycles. The van der Waals surface area contributed by atoms with Crippen LogP contribution in [0.2, 0.25) is 0 Å². The molecule has 1 aliphatic rings. The van der Waals surface area contributed by atoms with E-state index in [9.17, 15) is 0 Å². The van der Waals surface area contributed by atoms with Gasteiger partial charge < -0.3 is 14.4 Å². The molecule has 0 amide bonds. The minimum atomic E-state index is 0.335. The average Bonchev–Trinajstić information content (AvgIpc) is 2.84. The van der Waals surface area contributed by atoms with Crippen molar-refractivity contribution in [3.05, 3.63) is 60.0 Å². The van der Waals surface area contributed by atoms with Crippen LogP contribution in [0.5, 0.6) is 11.5 Å². The number of hydrogen-bond acceptors (Lipinski definition) is 7. The van der Waals surface area contributed by atoms with Crippen LogP contribution < -0.4 is 14.4 Å². The van der Waals surface area contributed by atoms with Crippen molar-refractivity contribution in [2.45, 2.75) is 25.3 Å². The van der Waals surface area contributed by atoms with Crippen LogP contribution in [0.4, 0.5) is 5.82 Å². The van der Waals surface area contributed by atoms with Crippen molar-refractivity contribution in [1.29, 1.82) is 0 Å². The van der Waals surface area contributed by atoms with E-state index in [2.05, 4.69) is 16.0 Å². The maximum Gasteiger partial charge on any atom is 0.163 e. The highest BCUT2D eigenvalue weighted by Crippen LogP contribution is 2.33. The number of hydrogen-bond donors (Lipinski definition) is 0. The van der Waals surface area contributed by atoms with Crippen LogP contribution in [-0.4, -0.2) is 61.3 Å². The van der Waals surface area contributed by atoms with E-state index in [1.807, 2.05) is 55.5 Å². The van der Waals surface area contributed by atoms with Crippen molar-refractivity contribution in [3.63, 3.8) is 0 Å². The minimum absolute atomic E-state index is 0.335.